The number of rotatable bonds is 4. The summed E-state index contributed by atoms with van der Waals surface area (Å²) in [6.45, 7) is 5.70. The number of halogens is 1. The van der Waals surface area contributed by atoms with Crippen molar-refractivity contribution in [1.82, 2.24) is 0 Å². The summed E-state index contributed by atoms with van der Waals surface area (Å²) in [4.78, 5) is 12.4. The maximum absolute atomic E-state index is 13.5. The molecule has 0 fully saturated rings. The maximum atomic E-state index is 13.5. The van der Waals surface area contributed by atoms with Crippen LogP contribution in [0.5, 0.6) is 0 Å². The normalized spacial score (nSPS) is 22.0. The molecular weight excluding hydrogens is 255 g/mol. The quantitative estimate of drug-likeness (QED) is 0.603. The van der Waals surface area contributed by atoms with Gasteiger partial charge >= 0.3 is 5.97 Å². The van der Waals surface area contributed by atoms with Crippen molar-refractivity contribution in [3.63, 3.8) is 0 Å². The lowest BCUT2D eigenvalue weighted by Gasteiger charge is -2.32. The number of esters is 1. The van der Waals surface area contributed by atoms with Gasteiger partial charge in [0.25, 0.3) is 0 Å². The molecule has 0 bridgehead atoms. The second kappa shape index (κ2) is 5.39. The van der Waals surface area contributed by atoms with Crippen molar-refractivity contribution in [1.29, 1.82) is 0 Å². The van der Waals surface area contributed by atoms with E-state index in [4.69, 9.17) is 4.74 Å². The molecule has 0 spiro atoms. The Kier molecular flexibility index (Phi) is 3.98. The Labute approximate surface area is 119 Å². The topological polar surface area (TPSA) is 26.3 Å². The van der Waals surface area contributed by atoms with Gasteiger partial charge in [0.15, 0.2) is 5.60 Å². The Hall–Kier alpha value is -1.64. The van der Waals surface area contributed by atoms with Crippen LogP contribution >= 0.6 is 0 Å². The van der Waals surface area contributed by atoms with Crippen LogP contribution in [-0.2, 0) is 15.1 Å². The van der Waals surface area contributed by atoms with Crippen LogP contribution in [0.3, 0.4) is 0 Å². The first-order valence-corrected chi connectivity index (χ1v) is 7.07. The van der Waals surface area contributed by atoms with Gasteiger partial charge in [0.05, 0.1) is 5.41 Å². The first-order chi connectivity index (χ1) is 9.39. The van der Waals surface area contributed by atoms with Gasteiger partial charge in [-0.3, -0.25) is 4.79 Å². The molecule has 0 N–H and O–H groups in total. The Morgan fingerprint density at radius 1 is 1.45 bits per heavy atom. The fourth-order valence-electron chi connectivity index (χ4n) is 2.24. The standard InChI is InChI=1S/C17H21FO2/c1-4-16(2,3)15(19)20-17(10-5-6-11-17)13-8-7-9-14(18)12-13/h5,7-10,12H,4,6,11H2,1-3H3. The highest BCUT2D eigenvalue weighted by atomic mass is 19.1. The highest BCUT2D eigenvalue weighted by Crippen LogP contribution is 2.39. The molecule has 0 saturated carbocycles. The van der Waals surface area contributed by atoms with Gasteiger partial charge in [-0.05, 0) is 51.3 Å². The van der Waals surface area contributed by atoms with Gasteiger partial charge in [0.2, 0.25) is 0 Å². The third-order valence-corrected chi connectivity index (χ3v) is 4.09. The summed E-state index contributed by atoms with van der Waals surface area (Å²) in [5.74, 6) is -0.552. The van der Waals surface area contributed by atoms with Crippen LogP contribution in [0.25, 0.3) is 0 Å². The number of hydrogen-bond donors (Lipinski definition) is 0. The van der Waals surface area contributed by atoms with Gasteiger partial charge in [-0.2, -0.15) is 0 Å². The van der Waals surface area contributed by atoms with E-state index in [1.165, 1.54) is 12.1 Å². The van der Waals surface area contributed by atoms with E-state index < -0.39 is 11.0 Å². The Balaban J connectivity index is 2.32. The largest absolute Gasteiger partial charge is 0.449 e. The van der Waals surface area contributed by atoms with Crippen molar-refractivity contribution >= 4 is 5.97 Å². The van der Waals surface area contributed by atoms with Crippen molar-refractivity contribution in [2.45, 2.75) is 45.6 Å². The molecule has 0 aliphatic heterocycles. The molecule has 3 heteroatoms. The molecule has 1 atom stereocenters. The summed E-state index contributed by atoms with van der Waals surface area (Å²) in [6.07, 6.45) is 6.07. The van der Waals surface area contributed by atoms with Crippen LogP contribution in [-0.4, -0.2) is 5.97 Å². The predicted octanol–water partition coefficient (Wildman–Crippen LogP) is 4.35. The zero-order valence-electron chi connectivity index (χ0n) is 12.3. The van der Waals surface area contributed by atoms with E-state index >= 15 is 0 Å². The number of hydrogen-bond acceptors (Lipinski definition) is 2. The molecule has 2 nitrogen and oxygen atoms in total. The molecule has 20 heavy (non-hydrogen) atoms. The number of benzene rings is 1. The van der Waals surface area contributed by atoms with Crippen molar-refractivity contribution in [3.05, 3.63) is 47.8 Å². The van der Waals surface area contributed by atoms with Crippen LogP contribution in [0, 0.1) is 11.2 Å². The lowest BCUT2D eigenvalue weighted by molar-refractivity contribution is -0.167. The third-order valence-electron chi connectivity index (χ3n) is 4.09. The van der Waals surface area contributed by atoms with Crippen LogP contribution in [0.4, 0.5) is 4.39 Å². The van der Waals surface area contributed by atoms with Crippen LogP contribution in [0.1, 0.15) is 45.6 Å². The van der Waals surface area contributed by atoms with Crippen molar-refractivity contribution in [3.8, 4) is 0 Å². The van der Waals surface area contributed by atoms with Gasteiger partial charge in [-0.15, -0.1) is 0 Å². The average molecular weight is 276 g/mol. The van der Waals surface area contributed by atoms with E-state index in [9.17, 15) is 9.18 Å². The van der Waals surface area contributed by atoms with E-state index in [1.807, 2.05) is 39.0 Å². The first-order valence-electron chi connectivity index (χ1n) is 7.07. The minimum Gasteiger partial charge on any atom is -0.449 e. The predicted molar refractivity (Wildman–Crippen MR) is 76.6 cm³/mol. The molecular formula is C17H21FO2. The summed E-state index contributed by atoms with van der Waals surface area (Å²) < 4.78 is 19.3. The molecule has 1 unspecified atom stereocenters. The molecule has 0 saturated heterocycles. The molecule has 108 valence electrons. The second-order valence-corrected chi connectivity index (χ2v) is 5.97. The molecule has 0 heterocycles. The maximum Gasteiger partial charge on any atom is 0.312 e. The zero-order valence-corrected chi connectivity index (χ0v) is 12.3. The number of carbonyl (C=O) groups is 1. The second-order valence-electron chi connectivity index (χ2n) is 5.97. The summed E-state index contributed by atoms with van der Waals surface area (Å²) in [5.41, 5.74) is -0.644. The van der Waals surface area contributed by atoms with E-state index in [1.54, 1.807) is 6.07 Å². The summed E-state index contributed by atoms with van der Waals surface area (Å²) in [5, 5.41) is 0. The highest BCUT2D eigenvalue weighted by Gasteiger charge is 2.40. The van der Waals surface area contributed by atoms with E-state index in [2.05, 4.69) is 0 Å². The molecule has 1 aliphatic carbocycles. The lowest BCUT2D eigenvalue weighted by atomic mass is 9.88. The van der Waals surface area contributed by atoms with Crippen molar-refractivity contribution in [2.24, 2.45) is 5.41 Å². The first kappa shape index (κ1) is 14.8. The fourth-order valence-corrected chi connectivity index (χ4v) is 2.24. The number of carbonyl (C=O) groups excluding carboxylic acids is 1. The smallest absolute Gasteiger partial charge is 0.312 e. The van der Waals surface area contributed by atoms with Gasteiger partial charge in [0, 0.05) is 5.56 Å². The van der Waals surface area contributed by atoms with Gasteiger partial charge < -0.3 is 4.74 Å². The Morgan fingerprint density at radius 2 is 2.20 bits per heavy atom. The summed E-state index contributed by atoms with van der Waals surface area (Å²) >= 11 is 0. The number of allylic oxidation sites excluding steroid dienone is 1. The van der Waals surface area contributed by atoms with E-state index in [0.717, 1.165) is 6.42 Å². The van der Waals surface area contributed by atoms with Crippen LogP contribution < -0.4 is 0 Å². The summed E-state index contributed by atoms with van der Waals surface area (Å²) in [7, 11) is 0. The highest BCUT2D eigenvalue weighted by molar-refractivity contribution is 5.76. The minimum absolute atomic E-state index is 0.240. The fraction of sp³-hybridized carbons (Fsp3) is 0.471. The van der Waals surface area contributed by atoms with Crippen molar-refractivity contribution < 1.29 is 13.9 Å². The lowest BCUT2D eigenvalue weighted by Crippen LogP contribution is -2.35. The molecule has 0 amide bonds. The molecule has 1 aromatic carbocycles. The van der Waals surface area contributed by atoms with Gasteiger partial charge in [-0.1, -0.05) is 25.1 Å². The molecule has 1 aliphatic rings. The van der Waals surface area contributed by atoms with Gasteiger partial charge in [-0.25, -0.2) is 4.39 Å². The van der Waals surface area contributed by atoms with Gasteiger partial charge in [0.1, 0.15) is 5.82 Å². The zero-order chi connectivity index (χ0) is 14.8. The average Bonchev–Trinajstić information content (AvgIpc) is 2.88. The molecule has 2 rings (SSSR count). The Bertz CT molecular complexity index is 534. The van der Waals surface area contributed by atoms with E-state index in [-0.39, 0.29) is 11.8 Å². The SMILES string of the molecule is CCC(C)(C)C(=O)OC1(c2cccc(F)c2)C=CCC1. The Morgan fingerprint density at radius 3 is 2.75 bits per heavy atom. The van der Waals surface area contributed by atoms with Crippen LogP contribution in [0.15, 0.2) is 36.4 Å². The number of ether oxygens (including phenoxy) is 1. The monoisotopic (exact) mass is 276 g/mol. The third kappa shape index (κ3) is 2.77. The van der Waals surface area contributed by atoms with E-state index in [0.29, 0.717) is 18.4 Å². The van der Waals surface area contributed by atoms with Crippen LogP contribution in [0.2, 0.25) is 0 Å². The van der Waals surface area contributed by atoms with Crippen molar-refractivity contribution in [2.75, 3.05) is 0 Å². The molecule has 0 aromatic heterocycles. The summed E-state index contributed by atoms with van der Waals surface area (Å²) in [6, 6.07) is 6.30. The minimum atomic E-state index is -0.814. The molecule has 0 radical (unpaired) electrons. The molecule has 1 aromatic rings.